The first kappa shape index (κ1) is 19.8. The summed E-state index contributed by atoms with van der Waals surface area (Å²) < 4.78 is 21.6. The summed E-state index contributed by atoms with van der Waals surface area (Å²) in [7, 11) is 0. The van der Waals surface area contributed by atoms with Gasteiger partial charge >= 0.3 is 6.09 Å². The van der Waals surface area contributed by atoms with Crippen molar-refractivity contribution in [2.75, 3.05) is 24.6 Å². The Balaban J connectivity index is 1.69. The maximum atomic E-state index is 14.7. The van der Waals surface area contributed by atoms with Crippen molar-refractivity contribution in [3.63, 3.8) is 0 Å². The zero-order valence-electron chi connectivity index (χ0n) is 15.8. The number of hydroxylamine groups is 1. The molecule has 3 rings (SSSR count). The summed E-state index contributed by atoms with van der Waals surface area (Å²) in [6.07, 6.45) is 2.53. The molecule has 0 radical (unpaired) electrons. The van der Waals surface area contributed by atoms with Crippen LogP contribution >= 0.6 is 0 Å². The van der Waals surface area contributed by atoms with Gasteiger partial charge in [-0.3, -0.25) is 9.69 Å². The lowest BCUT2D eigenvalue weighted by Crippen LogP contribution is -2.33. The van der Waals surface area contributed by atoms with Crippen LogP contribution in [0.5, 0.6) is 0 Å². The van der Waals surface area contributed by atoms with Crippen molar-refractivity contribution in [2.45, 2.75) is 26.5 Å². The number of carbonyl (C=O) groups is 2. The summed E-state index contributed by atoms with van der Waals surface area (Å²) in [6.45, 7) is 4.81. The largest absolute Gasteiger partial charge is 0.442 e. The number of amides is 2. The molecular weight excluding hydrogens is 367 g/mol. The van der Waals surface area contributed by atoms with E-state index in [4.69, 9.17) is 9.57 Å². The zero-order chi connectivity index (χ0) is 20.1. The number of rotatable bonds is 8. The highest BCUT2D eigenvalue weighted by atomic mass is 19.1. The summed E-state index contributed by atoms with van der Waals surface area (Å²) in [6, 6.07) is 6.44. The predicted molar refractivity (Wildman–Crippen MR) is 100 cm³/mol. The Morgan fingerprint density at radius 1 is 1.39 bits per heavy atom. The molecule has 1 aromatic heterocycles. The Morgan fingerprint density at radius 2 is 2.21 bits per heavy atom. The Bertz CT molecular complexity index is 854. The van der Waals surface area contributed by atoms with E-state index in [9.17, 15) is 14.0 Å². The topological polar surface area (TPSA) is 84.8 Å². The predicted octanol–water partition coefficient (Wildman–Crippen LogP) is 2.12. The highest BCUT2D eigenvalue weighted by molar-refractivity contribution is 5.90. The molecule has 1 saturated heterocycles. The van der Waals surface area contributed by atoms with Crippen LogP contribution < -0.4 is 15.7 Å². The van der Waals surface area contributed by atoms with Crippen molar-refractivity contribution >= 4 is 17.7 Å². The van der Waals surface area contributed by atoms with Gasteiger partial charge in [0, 0.05) is 25.9 Å². The first-order chi connectivity index (χ1) is 13.5. The van der Waals surface area contributed by atoms with E-state index in [0.29, 0.717) is 24.5 Å². The number of carbonyl (C=O) groups excluding carboxylic acids is 2. The van der Waals surface area contributed by atoms with Crippen LogP contribution in [0.3, 0.4) is 0 Å². The Hall–Kier alpha value is -2.91. The molecule has 0 unspecified atom stereocenters. The first-order valence-electron chi connectivity index (χ1n) is 9.02. The van der Waals surface area contributed by atoms with Gasteiger partial charge in [0.1, 0.15) is 11.9 Å². The monoisotopic (exact) mass is 390 g/mol. The number of anilines is 1. The van der Waals surface area contributed by atoms with E-state index >= 15 is 0 Å². The molecule has 2 aromatic rings. The molecule has 1 aromatic carbocycles. The second-order valence-corrected chi connectivity index (χ2v) is 6.37. The third-order valence-corrected chi connectivity index (χ3v) is 4.25. The minimum Gasteiger partial charge on any atom is -0.442 e. The van der Waals surface area contributed by atoms with Crippen LogP contribution in [-0.2, 0) is 20.9 Å². The number of halogens is 1. The van der Waals surface area contributed by atoms with Crippen molar-refractivity contribution in [3.8, 4) is 5.69 Å². The van der Waals surface area contributed by atoms with Crippen molar-refractivity contribution in [1.29, 1.82) is 0 Å². The van der Waals surface area contributed by atoms with E-state index in [2.05, 4.69) is 10.8 Å². The fourth-order valence-corrected chi connectivity index (χ4v) is 2.90. The molecule has 2 N–H and O–H groups in total. The molecule has 0 spiro atoms. The molecule has 8 nitrogen and oxygen atoms in total. The van der Waals surface area contributed by atoms with Crippen LogP contribution in [0.4, 0.5) is 14.9 Å². The smallest absolute Gasteiger partial charge is 0.414 e. The SMILES string of the molecule is CCONCc1ccn(-c2ccc(N3C[C@H](CNC(C)=O)OC3=O)cc2F)c1. The molecule has 2 amide bonds. The van der Waals surface area contributed by atoms with Crippen molar-refractivity contribution < 1.29 is 23.6 Å². The normalized spacial score (nSPS) is 16.3. The highest BCUT2D eigenvalue weighted by Gasteiger charge is 2.32. The molecule has 150 valence electrons. The van der Waals surface area contributed by atoms with E-state index < -0.39 is 18.0 Å². The van der Waals surface area contributed by atoms with Crippen molar-refractivity contribution in [1.82, 2.24) is 15.4 Å². The van der Waals surface area contributed by atoms with E-state index in [0.717, 1.165) is 5.56 Å². The number of nitrogens with one attached hydrogen (secondary N) is 2. The summed E-state index contributed by atoms with van der Waals surface area (Å²) in [5, 5.41) is 2.61. The molecule has 2 heterocycles. The third-order valence-electron chi connectivity index (χ3n) is 4.25. The number of aromatic nitrogens is 1. The van der Waals surface area contributed by atoms with E-state index in [1.165, 1.54) is 17.9 Å². The molecule has 1 aliphatic rings. The molecule has 0 bridgehead atoms. The van der Waals surface area contributed by atoms with Gasteiger partial charge in [0.25, 0.3) is 0 Å². The lowest BCUT2D eigenvalue weighted by atomic mass is 10.2. The van der Waals surface area contributed by atoms with Crippen LogP contribution in [0.2, 0.25) is 0 Å². The fraction of sp³-hybridized carbons (Fsp3) is 0.368. The summed E-state index contributed by atoms with van der Waals surface area (Å²) in [5.74, 6) is -0.664. The molecule has 0 aliphatic carbocycles. The van der Waals surface area contributed by atoms with Crippen molar-refractivity contribution in [3.05, 3.63) is 48.0 Å². The molecule has 1 atom stereocenters. The molecule has 9 heteroatoms. The van der Waals surface area contributed by atoms with Gasteiger partial charge < -0.3 is 19.5 Å². The average molecular weight is 390 g/mol. The minimum atomic E-state index is -0.562. The highest BCUT2D eigenvalue weighted by Crippen LogP contribution is 2.25. The van der Waals surface area contributed by atoms with E-state index in [1.54, 1.807) is 29.1 Å². The van der Waals surface area contributed by atoms with Crippen LogP contribution in [0.1, 0.15) is 19.4 Å². The van der Waals surface area contributed by atoms with Crippen molar-refractivity contribution in [2.24, 2.45) is 0 Å². The van der Waals surface area contributed by atoms with Gasteiger partial charge in [0.2, 0.25) is 5.91 Å². The van der Waals surface area contributed by atoms with Gasteiger partial charge in [-0.05, 0) is 36.8 Å². The first-order valence-corrected chi connectivity index (χ1v) is 9.02. The summed E-state index contributed by atoms with van der Waals surface area (Å²) in [4.78, 5) is 29.5. The molecular formula is C19H23FN4O4. The van der Waals surface area contributed by atoms with E-state index in [1.807, 2.05) is 13.0 Å². The average Bonchev–Trinajstić information content (AvgIpc) is 3.27. The molecule has 28 heavy (non-hydrogen) atoms. The van der Waals surface area contributed by atoms with Gasteiger partial charge in [-0.25, -0.2) is 9.18 Å². The maximum Gasteiger partial charge on any atom is 0.414 e. The second kappa shape index (κ2) is 8.85. The second-order valence-electron chi connectivity index (χ2n) is 6.37. The van der Waals surface area contributed by atoms with Gasteiger partial charge in [0.05, 0.1) is 31.1 Å². The number of cyclic esters (lactones) is 1. The van der Waals surface area contributed by atoms with Gasteiger partial charge in [-0.1, -0.05) is 0 Å². The Labute approximate surface area is 162 Å². The third kappa shape index (κ3) is 4.68. The quantitative estimate of drug-likeness (QED) is 0.533. The number of nitrogens with zero attached hydrogens (tertiary/aromatic N) is 2. The lowest BCUT2D eigenvalue weighted by Gasteiger charge is -2.15. The summed E-state index contributed by atoms with van der Waals surface area (Å²) >= 11 is 0. The van der Waals surface area contributed by atoms with Crippen LogP contribution in [0.15, 0.2) is 36.7 Å². The standard InChI is InChI=1S/C19H23FN4O4/c1-3-27-22-9-14-6-7-23(11-14)18-5-4-15(8-17(18)20)24-12-16(28-19(24)26)10-21-13(2)25/h4-8,11,16,22H,3,9-10,12H2,1-2H3,(H,21,25)/t16-/m0/s1. The number of benzene rings is 1. The van der Waals surface area contributed by atoms with Crippen LogP contribution in [0.25, 0.3) is 5.69 Å². The molecule has 1 fully saturated rings. The number of hydrogen-bond acceptors (Lipinski definition) is 5. The Kier molecular flexibility index (Phi) is 6.27. The number of hydrogen-bond donors (Lipinski definition) is 2. The lowest BCUT2D eigenvalue weighted by molar-refractivity contribution is -0.119. The zero-order valence-corrected chi connectivity index (χ0v) is 15.8. The van der Waals surface area contributed by atoms with Gasteiger partial charge in [0.15, 0.2) is 0 Å². The Morgan fingerprint density at radius 3 is 2.93 bits per heavy atom. The van der Waals surface area contributed by atoms with E-state index in [-0.39, 0.29) is 19.0 Å². The molecule has 0 saturated carbocycles. The van der Waals surface area contributed by atoms with Gasteiger partial charge in [-0.15, -0.1) is 0 Å². The maximum absolute atomic E-state index is 14.7. The van der Waals surface area contributed by atoms with Crippen LogP contribution in [0, 0.1) is 5.82 Å². The fourth-order valence-electron chi connectivity index (χ4n) is 2.90. The number of ether oxygens (including phenoxy) is 1. The minimum absolute atomic E-state index is 0.201. The van der Waals surface area contributed by atoms with Gasteiger partial charge in [-0.2, -0.15) is 5.48 Å². The summed E-state index contributed by atoms with van der Waals surface area (Å²) in [5.41, 5.74) is 4.53. The molecule has 1 aliphatic heterocycles. The van der Waals surface area contributed by atoms with Crippen LogP contribution in [-0.4, -0.2) is 42.4 Å².